The van der Waals surface area contributed by atoms with Gasteiger partial charge in [-0.15, -0.1) is 0 Å². The lowest BCUT2D eigenvalue weighted by molar-refractivity contribution is -0.125. The van der Waals surface area contributed by atoms with Crippen LogP contribution in [0.25, 0.3) is 0 Å². The van der Waals surface area contributed by atoms with Crippen LogP contribution in [0.5, 0.6) is 0 Å². The SMILES string of the molecule is CC(NC(=O)C1CCC2CCCCC2N1)c1cccnc1. The number of piperidine rings is 1. The number of nitrogens with one attached hydrogen (secondary N) is 2. The highest BCUT2D eigenvalue weighted by molar-refractivity contribution is 5.82. The Morgan fingerprint density at radius 3 is 3.00 bits per heavy atom. The second-order valence-corrected chi connectivity index (χ2v) is 6.46. The highest BCUT2D eigenvalue weighted by Crippen LogP contribution is 2.32. The molecular weight excluding hydrogens is 262 g/mol. The number of amides is 1. The Hall–Kier alpha value is -1.42. The summed E-state index contributed by atoms with van der Waals surface area (Å²) >= 11 is 0. The lowest BCUT2D eigenvalue weighted by Crippen LogP contribution is -2.55. The van der Waals surface area contributed by atoms with E-state index < -0.39 is 0 Å². The fraction of sp³-hybridized carbons (Fsp3) is 0.647. The summed E-state index contributed by atoms with van der Waals surface area (Å²) in [4.78, 5) is 16.6. The number of fused-ring (bicyclic) bond motifs is 1. The summed E-state index contributed by atoms with van der Waals surface area (Å²) in [5, 5.41) is 6.70. The van der Waals surface area contributed by atoms with Crippen LogP contribution < -0.4 is 10.6 Å². The third-order valence-corrected chi connectivity index (χ3v) is 5.01. The number of aromatic nitrogens is 1. The second-order valence-electron chi connectivity index (χ2n) is 6.46. The molecule has 2 N–H and O–H groups in total. The predicted octanol–water partition coefficient (Wildman–Crippen LogP) is 2.57. The fourth-order valence-corrected chi connectivity index (χ4v) is 3.73. The Labute approximate surface area is 126 Å². The summed E-state index contributed by atoms with van der Waals surface area (Å²) in [7, 11) is 0. The molecule has 1 aromatic heterocycles. The van der Waals surface area contributed by atoms with E-state index in [9.17, 15) is 4.79 Å². The molecule has 3 rings (SSSR count). The smallest absolute Gasteiger partial charge is 0.237 e. The average Bonchev–Trinajstić information content (AvgIpc) is 2.55. The van der Waals surface area contributed by atoms with Crippen LogP contribution in [0.2, 0.25) is 0 Å². The molecule has 0 spiro atoms. The monoisotopic (exact) mass is 287 g/mol. The molecule has 0 radical (unpaired) electrons. The largest absolute Gasteiger partial charge is 0.348 e. The van der Waals surface area contributed by atoms with Crippen LogP contribution in [0.1, 0.15) is 57.1 Å². The molecule has 1 saturated heterocycles. The third-order valence-electron chi connectivity index (χ3n) is 5.01. The van der Waals surface area contributed by atoms with Crippen LogP contribution in [0.4, 0.5) is 0 Å². The first-order chi connectivity index (χ1) is 10.2. The number of rotatable bonds is 3. The van der Waals surface area contributed by atoms with Crippen LogP contribution >= 0.6 is 0 Å². The Morgan fingerprint density at radius 1 is 1.33 bits per heavy atom. The van der Waals surface area contributed by atoms with Gasteiger partial charge in [-0.25, -0.2) is 0 Å². The van der Waals surface area contributed by atoms with Crippen LogP contribution in [0.15, 0.2) is 24.5 Å². The van der Waals surface area contributed by atoms with Crippen LogP contribution in [0.3, 0.4) is 0 Å². The Kier molecular flexibility index (Phi) is 4.54. The lowest BCUT2D eigenvalue weighted by atomic mass is 9.77. The van der Waals surface area contributed by atoms with E-state index in [0.717, 1.165) is 17.9 Å². The molecule has 1 saturated carbocycles. The van der Waals surface area contributed by atoms with E-state index in [4.69, 9.17) is 0 Å². The maximum atomic E-state index is 12.5. The van der Waals surface area contributed by atoms with Crippen molar-refractivity contribution in [3.8, 4) is 0 Å². The van der Waals surface area contributed by atoms with Gasteiger partial charge >= 0.3 is 0 Å². The topological polar surface area (TPSA) is 54.0 Å². The molecule has 21 heavy (non-hydrogen) atoms. The zero-order valence-corrected chi connectivity index (χ0v) is 12.7. The maximum absolute atomic E-state index is 12.5. The zero-order valence-electron chi connectivity index (χ0n) is 12.7. The standard InChI is InChI=1S/C17H25N3O/c1-12(14-6-4-10-18-11-14)19-17(21)16-9-8-13-5-2-3-7-15(13)20-16/h4,6,10-13,15-16,20H,2-3,5,7-9H2,1H3,(H,19,21). The van der Waals surface area contributed by atoms with E-state index >= 15 is 0 Å². The fourth-order valence-electron chi connectivity index (χ4n) is 3.73. The number of carbonyl (C=O) groups excluding carboxylic acids is 1. The van der Waals surface area contributed by atoms with Gasteiger partial charge in [-0.2, -0.15) is 0 Å². The first-order valence-corrected chi connectivity index (χ1v) is 8.20. The highest BCUT2D eigenvalue weighted by atomic mass is 16.2. The van der Waals surface area contributed by atoms with Gasteiger partial charge in [0, 0.05) is 18.4 Å². The molecule has 2 fully saturated rings. The van der Waals surface area contributed by atoms with E-state index in [-0.39, 0.29) is 18.0 Å². The Morgan fingerprint density at radius 2 is 2.19 bits per heavy atom. The number of carbonyl (C=O) groups is 1. The van der Waals surface area contributed by atoms with Gasteiger partial charge in [0.15, 0.2) is 0 Å². The summed E-state index contributed by atoms with van der Waals surface area (Å²) in [5.41, 5.74) is 1.05. The van der Waals surface area contributed by atoms with Crippen molar-refractivity contribution in [1.82, 2.24) is 15.6 Å². The minimum atomic E-state index is -0.0246. The van der Waals surface area contributed by atoms with Crippen LogP contribution in [-0.4, -0.2) is 23.0 Å². The van der Waals surface area contributed by atoms with Gasteiger partial charge in [-0.1, -0.05) is 18.9 Å². The lowest BCUT2D eigenvalue weighted by Gasteiger charge is -2.40. The first kappa shape index (κ1) is 14.5. The van der Waals surface area contributed by atoms with Crippen molar-refractivity contribution in [2.45, 2.75) is 63.6 Å². The molecule has 0 bridgehead atoms. The molecule has 1 aliphatic carbocycles. The van der Waals surface area contributed by atoms with Crippen LogP contribution in [0, 0.1) is 5.92 Å². The number of nitrogens with zero attached hydrogens (tertiary/aromatic N) is 1. The molecule has 4 heteroatoms. The van der Waals surface area contributed by atoms with Gasteiger partial charge in [0.25, 0.3) is 0 Å². The predicted molar refractivity (Wildman–Crippen MR) is 82.7 cm³/mol. The van der Waals surface area contributed by atoms with E-state index in [0.29, 0.717) is 6.04 Å². The first-order valence-electron chi connectivity index (χ1n) is 8.20. The van der Waals surface area contributed by atoms with Gasteiger partial charge < -0.3 is 10.6 Å². The molecule has 0 aromatic carbocycles. The van der Waals surface area contributed by atoms with E-state index in [2.05, 4.69) is 15.6 Å². The van der Waals surface area contributed by atoms with Crippen molar-refractivity contribution >= 4 is 5.91 Å². The second kappa shape index (κ2) is 6.56. The summed E-state index contributed by atoms with van der Waals surface area (Å²) in [5.74, 6) is 0.925. The number of hydrogen-bond donors (Lipinski definition) is 2. The van der Waals surface area contributed by atoms with Gasteiger partial charge in [-0.05, 0) is 50.2 Å². The molecule has 2 aliphatic rings. The zero-order chi connectivity index (χ0) is 14.7. The molecule has 4 nitrogen and oxygen atoms in total. The minimum absolute atomic E-state index is 0.0112. The maximum Gasteiger partial charge on any atom is 0.237 e. The molecule has 4 atom stereocenters. The summed E-state index contributed by atoms with van der Waals surface area (Å²) < 4.78 is 0. The molecule has 1 aliphatic heterocycles. The Balaban J connectivity index is 1.56. The molecule has 4 unspecified atom stereocenters. The molecule has 114 valence electrons. The third kappa shape index (κ3) is 3.43. The van der Waals surface area contributed by atoms with E-state index in [1.165, 1.54) is 32.1 Å². The molecule has 1 aromatic rings. The van der Waals surface area contributed by atoms with Gasteiger partial charge in [0.05, 0.1) is 12.1 Å². The molecule has 1 amide bonds. The van der Waals surface area contributed by atoms with Crippen molar-refractivity contribution in [1.29, 1.82) is 0 Å². The summed E-state index contributed by atoms with van der Waals surface area (Å²) in [6.07, 6.45) is 10.9. The van der Waals surface area contributed by atoms with Crippen molar-refractivity contribution in [3.63, 3.8) is 0 Å². The van der Waals surface area contributed by atoms with Crippen molar-refractivity contribution < 1.29 is 4.79 Å². The van der Waals surface area contributed by atoms with Crippen LogP contribution in [-0.2, 0) is 4.79 Å². The van der Waals surface area contributed by atoms with E-state index in [1.54, 1.807) is 6.20 Å². The summed E-state index contributed by atoms with van der Waals surface area (Å²) in [6.45, 7) is 2.02. The molecular formula is C17H25N3O. The minimum Gasteiger partial charge on any atom is -0.348 e. The molecule has 2 heterocycles. The quantitative estimate of drug-likeness (QED) is 0.898. The van der Waals surface area contributed by atoms with Gasteiger partial charge in [0.2, 0.25) is 5.91 Å². The van der Waals surface area contributed by atoms with Gasteiger partial charge in [0.1, 0.15) is 0 Å². The van der Waals surface area contributed by atoms with Crippen molar-refractivity contribution in [2.75, 3.05) is 0 Å². The number of hydrogen-bond acceptors (Lipinski definition) is 3. The highest BCUT2D eigenvalue weighted by Gasteiger charge is 2.34. The number of pyridine rings is 1. The summed E-state index contributed by atoms with van der Waals surface area (Å²) in [6, 6.07) is 4.45. The Bertz CT molecular complexity index is 476. The normalized spacial score (nSPS) is 30.2. The average molecular weight is 287 g/mol. The van der Waals surface area contributed by atoms with Crippen molar-refractivity contribution in [3.05, 3.63) is 30.1 Å². The van der Waals surface area contributed by atoms with E-state index in [1.807, 2.05) is 25.3 Å². The van der Waals surface area contributed by atoms with Gasteiger partial charge in [-0.3, -0.25) is 9.78 Å². The van der Waals surface area contributed by atoms with Crippen molar-refractivity contribution in [2.24, 2.45) is 5.92 Å².